The minimum atomic E-state index is -0.950. The van der Waals surface area contributed by atoms with E-state index in [9.17, 15) is 14.4 Å². The van der Waals surface area contributed by atoms with Gasteiger partial charge in [-0.3, -0.25) is 14.5 Å². The quantitative estimate of drug-likeness (QED) is 0.0686. The summed E-state index contributed by atoms with van der Waals surface area (Å²) in [5, 5.41) is 5.95. The molecule has 2 heterocycles. The molecule has 3 fully saturated rings. The summed E-state index contributed by atoms with van der Waals surface area (Å²) >= 11 is 7.11. The fourth-order valence-electron chi connectivity index (χ4n) is 9.38. The fraction of sp³-hybridized carbons (Fsp3) is 0.404. The second kappa shape index (κ2) is 17.6. The zero-order chi connectivity index (χ0) is 41.2. The van der Waals surface area contributed by atoms with Gasteiger partial charge in [0.2, 0.25) is 0 Å². The molecule has 8 rings (SSSR count). The molecule has 4 atom stereocenters. The Morgan fingerprint density at radius 3 is 2.36 bits per heavy atom. The Hall–Kier alpha value is -5.07. The number of fused-ring (bicyclic) bond motifs is 5. The van der Waals surface area contributed by atoms with Crippen molar-refractivity contribution in [1.29, 1.82) is 0 Å². The molecule has 3 amide bonds. The molecule has 10 nitrogen and oxygen atoms in total. The number of carbonyl (C=O) groups is 3. The Bertz CT molecular complexity index is 2240. The van der Waals surface area contributed by atoms with Crippen LogP contribution in [0.2, 0.25) is 0 Å². The van der Waals surface area contributed by atoms with E-state index < -0.39 is 12.2 Å². The van der Waals surface area contributed by atoms with Gasteiger partial charge in [0.05, 0.1) is 24.7 Å². The molecular formula is C47H51N3O7S2. The Morgan fingerprint density at radius 1 is 0.949 bits per heavy atom. The Labute approximate surface area is 355 Å². The highest BCUT2D eigenvalue weighted by Crippen LogP contribution is 2.50. The van der Waals surface area contributed by atoms with Gasteiger partial charge in [-0.05, 0) is 102 Å². The van der Waals surface area contributed by atoms with Crippen molar-refractivity contribution in [2.24, 2.45) is 17.8 Å². The van der Waals surface area contributed by atoms with Crippen LogP contribution < -0.4 is 20.1 Å². The van der Waals surface area contributed by atoms with Gasteiger partial charge in [-0.25, -0.2) is 4.79 Å². The number of ether oxygens (including phenoxy) is 3. The van der Waals surface area contributed by atoms with Crippen molar-refractivity contribution >= 4 is 52.3 Å². The van der Waals surface area contributed by atoms with Crippen molar-refractivity contribution in [3.05, 3.63) is 100 Å². The summed E-state index contributed by atoms with van der Waals surface area (Å²) in [4.78, 5) is 43.0. The monoisotopic (exact) mass is 833 g/mol. The number of nitrogens with zero attached hydrogens (tertiary/aromatic N) is 1. The summed E-state index contributed by atoms with van der Waals surface area (Å²) in [7, 11) is 3.20. The number of hydrogen-bond donors (Lipinski definition) is 2. The zero-order valence-corrected chi connectivity index (χ0v) is 35.6. The lowest BCUT2D eigenvalue weighted by Crippen LogP contribution is -2.42. The van der Waals surface area contributed by atoms with Gasteiger partial charge in [0.25, 0.3) is 11.8 Å². The summed E-state index contributed by atoms with van der Waals surface area (Å²) in [6.45, 7) is 4.68. The van der Waals surface area contributed by atoms with Gasteiger partial charge in [-0.15, -0.1) is 0 Å². The molecule has 0 unspecified atom stereocenters. The highest BCUT2D eigenvalue weighted by atomic mass is 32.2. The summed E-state index contributed by atoms with van der Waals surface area (Å²) in [5.74, 6) is 3.28. The Morgan fingerprint density at radius 2 is 1.69 bits per heavy atom. The molecule has 4 aromatic rings. The van der Waals surface area contributed by atoms with Gasteiger partial charge < -0.3 is 29.3 Å². The minimum absolute atomic E-state index is 0.00888. The van der Waals surface area contributed by atoms with Crippen LogP contribution in [-0.2, 0) is 20.7 Å². The number of methoxy groups -OCH3 is 2. The van der Waals surface area contributed by atoms with E-state index in [4.69, 9.17) is 30.8 Å². The summed E-state index contributed by atoms with van der Waals surface area (Å²) in [6.07, 6.45) is 6.32. The van der Waals surface area contributed by atoms with E-state index in [1.807, 2.05) is 67.3 Å². The standard InChI is InChI=1S/C47H51N3O7S2/c1-27(2)20-42(57-46(53)49-26-37-34-13-7-5-11-32(34)33-12-6-8-14-35(33)37)44(51)48-19-9-10-30-23-41(36-18-17-31(54-3)24-40(36)55-4)56-39(30)25-43-45(52)50(47(58)59-43)38-22-28-15-16-29(38)21-28/h5-8,11-14,17-18,23-25,27-29,37-38,42H,9-10,15-16,19-22,26H2,1-4H3,(H,48,51)(H,49,53)/b43-25-/t28-,29-,38-,42-/m0/s1. The molecule has 3 aliphatic carbocycles. The second-order valence-electron chi connectivity index (χ2n) is 16.4. The van der Waals surface area contributed by atoms with Crippen molar-refractivity contribution in [2.45, 2.75) is 76.9 Å². The average Bonchev–Trinajstić information content (AvgIpc) is 4.07. The van der Waals surface area contributed by atoms with Crippen LogP contribution in [0.15, 0.2) is 82.1 Å². The number of benzene rings is 3. The predicted octanol–water partition coefficient (Wildman–Crippen LogP) is 9.36. The van der Waals surface area contributed by atoms with E-state index >= 15 is 0 Å². The number of aryl methyl sites for hydroxylation is 1. The topological polar surface area (TPSA) is 119 Å². The van der Waals surface area contributed by atoms with Gasteiger partial charge in [0.15, 0.2) is 6.10 Å². The number of amides is 3. The number of alkyl carbamates (subject to hydrolysis) is 1. The van der Waals surface area contributed by atoms with Crippen molar-refractivity contribution in [2.75, 3.05) is 27.3 Å². The molecule has 3 aromatic carbocycles. The maximum atomic E-state index is 13.9. The molecule has 2 saturated carbocycles. The van der Waals surface area contributed by atoms with Crippen LogP contribution in [0.3, 0.4) is 0 Å². The first kappa shape index (κ1) is 40.7. The molecule has 0 spiro atoms. The molecule has 0 radical (unpaired) electrons. The average molecular weight is 834 g/mol. The first-order valence-corrected chi connectivity index (χ1v) is 21.9. The number of thiocarbonyl (C=S) groups is 1. The van der Waals surface area contributed by atoms with Gasteiger partial charge in [0.1, 0.15) is 27.3 Å². The van der Waals surface area contributed by atoms with Crippen molar-refractivity contribution in [1.82, 2.24) is 15.5 Å². The van der Waals surface area contributed by atoms with Crippen LogP contribution in [0.5, 0.6) is 11.5 Å². The number of rotatable bonds is 15. The third-order valence-corrected chi connectivity index (χ3v) is 13.5. The van der Waals surface area contributed by atoms with Gasteiger partial charge in [-0.1, -0.05) is 92.8 Å². The highest BCUT2D eigenvalue weighted by Gasteiger charge is 2.48. The van der Waals surface area contributed by atoms with Crippen molar-refractivity contribution in [3.8, 4) is 33.9 Å². The van der Waals surface area contributed by atoms with Gasteiger partial charge >= 0.3 is 6.09 Å². The SMILES string of the molecule is COc1ccc(-c2cc(CCCNC(=O)[C@H](CC(C)C)OC(=O)NCC3c4ccccc4-c4ccccc43)c(/C=C3\SC(=S)N([C@H]4C[C@H]5CC[C@H]4C5)C3=O)o2)c(OC)c1. The first-order valence-electron chi connectivity index (χ1n) is 20.6. The lowest BCUT2D eigenvalue weighted by atomic mass is 9.94. The van der Waals surface area contributed by atoms with Crippen LogP contribution in [0, 0.1) is 17.8 Å². The molecular weight excluding hydrogens is 783 g/mol. The third-order valence-electron chi connectivity index (χ3n) is 12.2. The smallest absolute Gasteiger partial charge is 0.407 e. The number of carbonyl (C=O) groups excluding carboxylic acids is 3. The number of hydrogen-bond acceptors (Lipinski definition) is 9. The summed E-state index contributed by atoms with van der Waals surface area (Å²) < 4.78 is 24.0. The Kier molecular flexibility index (Phi) is 12.2. The largest absolute Gasteiger partial charge is 0.497 e. The van der Waals surface area contributed by atoms with E-state index in [2.05, 4.69) is 34.9 Å². The summed E-state index contributed by atoms with van der Waals surface area (Å²) in [6, 6.07) is 24.1. The van der Waals surface area contributed by atoms with Crippen LogP contribution in [0.1, 0.15) is 80.7 Å². The van der Waals surface area contributed by atoms with E-state index in [0.29, 0.717) is 76.4 Å². The molecule has 59 heavy (non-hydrogen) atoms. The number of thioether (sulfide) groups is 1. The number of nitrogens with one attached hydrogen (secondary N) is 2. The predicted molar refractivity (Wildman–Crippen MR) is 234 cm³/mol. The third kappa shape index (κ3) is 8.52. The zero-order valence-electron chi connectivity index (χ0n) is 34.0. The van der Waals surface area contributed by atoms with E-state index in [-0.39, 0.29) is 29.7 Å². The first-order chi connectivity index (χ1) is 28.6. The fourth-order valence-corrected chi connectivity index (χ4v) is 10.7. The molecule has 4 aliphatic rings. The Balaban J connectivity index is 0.933. The lowest BCUT2D eigenvalue weighted by molar-refractivity contribution is -0.130. The molecule has 1 saturated heterocycles. The maximum absolute atomic E-state index is 13.9. The van der Waals surface area contributed by atoms with Crippen LogP contribution in [0.25, 0.3) is 28.5 Å². The second-order valence-corrected chi connectivity index (χ2v) is 18.1. The molecule has 2 N–H and O–H groups in total. The van der Waals surface area contributed by atoms with Crippen molar-refractivity contribution in [3.63, 3.8) is 0 Å². The van der Waals surface area contributed by atoms with Gasteiger partial charge in [0, 0.05) is 37.2 Å². The number of furan rings is 1. The molecule has 12 heteroatoms. The van der Waals surface area contributed by atoms with Gasteiger partial charge in [-0.2, -0.15) is 0 Å². The molecule has 2 bridgehead atoms. The van der Waals surface area contributed by atoms with Crippen LogP contribution in [-0.4, -0.2) is 66.6 Å². The minimum Gasteiger partial charge on any atom is -0.497 e. The molecule has 1 aromatic heterocycles. The van der Waals surface area contributed by atoms with Crippen LogP contribution >= 0.6 is 24.0 Å². The van der Waals surface area contributed by atoms with E-state index in [1.54, 1.807) is 20.3 Å². The maximum Gasteiger partial charge on any atom is 0.407 e. The van der Waals surface area contributed by atoms with E-state index in [0.717, 1.165) is 35.1 Å². The molecule has 1 aliphatic heterocycles. The van der Waals surface area contributed by atoms with Crippen LogP contribution in [0.4, 0.5) is 4.79 Å². The lowest BCUT2D eigenvalue weighted by Gasteiger charge is -2.30. The normalized spacial score (nSPS) is 20.6. The highest BCUT2D eigenvalue weighted by molar-refractivity contribution is 8.26. The summed E-state index contributed by atoms with van der Waals surface area (Å²) in [5.41, 5.74) is 6.28. The van der Waals surface area contributed by atoms with E-state index in [1.165, 1.54) is 35.7 Å². The van der Waals surface area contributed by atoms with Crippen molar-refractivity contribution < 1.29 is 33.0 Å². The molecule has 308 valence electrons.